The number of carboxylic acids is 1. The van der Waals surface area contributed by atoms with Crippen LogP contribution in [0, 0.1) is 41.4 Å². The third kappa shape index (κ3) is 6.96. The van der Waals surface area contributed by atoms with Gasteiger partial charge >= 0.3 is 5.97 Å². The first kappa shape index (κ1) is 38.9. The van der Waals surface area contributed by atoms with Crippen molar-refractivity contribution in [3.8, 4) is 0 Å². The quantitative estimate of drug-likeness (QED) is 0.281. The fraction of sp³-hybridized carbons (Fsp3) is 0.975. The maximum atomic E-state index is 11.8. The third-order valence-corrected chi connectivity index (χ3v) is 14.4. The molecule has 6 aliphatic heterocycles. The summed E-state index contributed by atoms with van der Waals surface area (Å²) in [5.74, 6) is -2.36. The van der Waals surface area contributed by atoms with Gasteiger partial charge in [0.1, 0.15) is 0 Å². The van der Waals surface area contributed by atoms with Crippen molar-refractivity contribution in [1.29, 1.82) is 0 Å². The molecule has 0 bridgehead atoms. The van der Waals surface area contributed by atoms with E-state index in [2.05, 4.69) is 55.4 Å². The van der Waals surface area contributed by atoms with Crippen LogP contribution in [0.1, 0.15) is 127 Å². The summed E-state index contributed by atoms with van der Waals surface area (Å²) in [7, 11) is 1.78. The van der Waals surface area contributed by atoms with E-state index in [9.17, 15) is 15.0 Å². The fourth-order valence-electron chi connectivity index (χ4n) is 11.2. The van der Waals surface area contributed by atoms with Gasteiger partial charge in [0.25, 0.3) is 0 Å². The van der Waals surface area contributed by atoms with Crippen molar-refractivity contribution < 1.29 is 48.2 Å². The van der Waals surface area contributed by atoms with Crippen LogP contribution in [0.2, 0.25) is 0 Å². The van der Waals surface area contributed by atoms with E-state index in [1.165, 1.54) is 0 Å². The minimum absolute atomic E-state index is 0.0109. The van der Waals surface area contributed by atoms with Crippen LogP contribution >= 0.6 is 0 Å². The van der Waals surface area contributed by atoms with Gasteiger partial charge in [-0.3, -0.25) is 4.79 Å². The Bertz CT molecular complexity index is 1210. The first-order valence-corrected chi connectivity index (χ1v) is 19.8. The molecule has 19 atom stereocenters. The highest BCUT2D eigenvalue weighted by Gasteiger charge is 2.65. The minimum Gasteiger partial charge on any atom is -0.481 e. The largest absolute Gasteiger partial charge is 0.481 e. The molecule has 6 rings (SSSR count). The highest BCUT2D eigenvalue weighted by molar-refractivity contribution is 5.70. The Kier molecular flexibility index (Phi) is 11.0. The number of rotatable bonds is 8. The van der Waals surface area contributed by atoms with Crippen LogP contribution in [0.15, 0.2) is 0 Å². The lowest BCUT2D eigenvalue weighted by Gasteiger charge is -2.50. The second-order valence-corrected chi connectivity index (χ2v) is 18.4. The average Bonchev–Trinajstić information content (AvgIpc) is 3.72. The highest BCUT2D eigenvalue weighted by atomic mass is 16.7. The maximum absolute atomic E-state index is 11.8. The smallest absolute Gasteiger partial charge is 0.308 e. The van der Waals surface area contributed by atoms with E-state index in [0.717, 1.165) is 51.4 Å². The highest BCUT2D eigenvalue weighted by Crippen LogP contribution is 2.57. The molecule has 0 unspecified atom stereocenters. The van der Waals surface area contributed by atoms with Crippen molar-refractivity contribution in [2.24, 2.45) is 41.4 Å². The molecule has 6 saturated heterocycles. The molecule has 6 fully saturated rings. The number of hydrogen-bond acceptors (Lipinski definition) is 9. The molecule has 1 spiro atoms. The number of ether oxygens (including phenoxy) is 7. The number of methoxy groups -OCH3 is 1. The SMILES string of the molecule is CO[C@H]1C[C@@H](C[C@@H]2CC[C@@H](C)[C@@H]([C@H](C)C(=O)O)O2)O[C@]2(O[C@@](C)([C@H]3CC[C@@](C)([C@@H]4O[C@@H]([C@H]5O[C@@](C)(O)[C@H](C)C[C@@H]5C)C[C@@H]4C)O3)C[C@@H]2C)[C@H]1C. The minimum atomic E-state index is -1.15. The first-order valence-electron chi connectivity index (χ1n) is 19.8. The Hall–Kier alpha value is -0.850. The van der Waals surface area contributed by atoms with Gasteiger partial charge in [0, 0.05) is 37.7 Å². The Morgan fingerprint density at radius 2 is 1.56 bits per heavy atom. The van der Waals surface area contributed by atoms with Gasteiger partial charge in [0.2, 0.25) is 0 Å². The summed E-state index contributed by atoms with van der Waals surface area (Å²) in [5.41, 5.74) is -1.02. The Morgan fingerprint density at radius 3 is 2.24 bits per heavy atom. The molecule has 0 aromatic rings. The van der Waals surface area contributed by atoms with Crippen molar-refractivity contribution in [3.05, 3.63) is 0 Å². The summed E-state index contributed by atoms with van der Waals surface area (Å²) in [6.45, 7) is 21.0. The summed E-state index contributed by atoms with van der Waals surface area (Å²) < 4.78 is 47.2. The van der Waals surface area contributed by atoms with Crippen LogP contribution in [0.25, 0.3) is 0 Å². The van der Waals surface area contributed by atoms with E-state index in [1.54, 1.807) is 21.0 Å². The van der Waals surface area contributed by atoms with E-state index in [-0.39, 0.29) is 72.5 Å². The van der Waals surface area contributed by atoms with E-state index >= 15 is 0 Å². The zero-order valence-corrected chi connectivity index (χ0v) is 32.7. The molecule has 0 amide bonds. The van der Waals surface area contributed by atoms with Gasteiger partial charge in [-0.2, -0.15) is 0 Å². The van der Waals surface area contributed by atoms with Gasteiger partial charge in [0.15, 0.2) is 11.6 Å². The van der Waals surface area contributed by atoms with Crippen molar-refractivity contribution in [3.63, 3.8) is 0 Å². The number of carboxylic acid groups (broad SMARTS) is 1. The molecular weight excluding hydrogens is 640 g/mol. The number of aliphatic hydroxyl groups is 1. The van der Waals surface area contributed by atoms with Crippen LogP contribution in [0.3, 0.4) is 0 Å². The summed E-state index contributed by atoms with van der Waals surface area (Å²) in [6, 6.07) is 0. The van der Waals surface area contributed by atoms with E-state index in [0.29, 0.717) is 18.3 Å². The van der Waals surface area contributed by atoms with Crippen LogP contribution < -0.4 is 0 Å². The third-order valence-electron chi connectivity index (χ3n) is 14.4. The van der Waals surface area contributed by atoms with E-state index in [1.807, 2.05) is 0 Å². The standard InChI is InChI=1S/C40H68O10/c1-21-12-13-28(45-33(21)26(6)36(41)42)18-29-19-30(44-11)27(7)40(47-29)25(5)20-38(9,50-40)32-14-15-37(8,48-32)35-23(3)17-31(46-35)34-22(2)16-24(4)39(10,43)49-34/h21-35,43H,12-20H2,1-11H3,(H,41,42)/t21-,22+,23+,24-,25+,26+,27+,28+,29-,30+,31-,32-,33+,34+,35-,37+,38-,39-,40-/m1/s1. The molecular formula is C40H68O10. The molecule has 2 N–H and O–H groups in total. The molecule has 0 saturated carbocycles. The van der Waals surface area contributed by atoms with Crippen molar-refractivity contribution in [2.75, 3.05) is 7.11 Å². The maximum Gasteiger partial charge on any atom is 0.308 e. The fourth-order valence-corrected chi connectivity index (χ4v) is 11.2. The molecule has 0 radical (unpaired) electrons. The number of carbonyl (C=O) groups is 1. The zero-order valence-electron chi connectivity index (χ0n) is 32.7. The summed E-state index contributed by atoms with van der Waals surface area (Å²) in [4.78, 5) is 11.8. The second-order valence-electron chi connectivity index (χ2n) is 18.4. The molecule has 0 aliphatic carbocycles. The normalized spacial score (nSPS) is 55.0. The van der Waals surface area contributed by atoms with Crippen molar-refractivity contribution in [2.45, 2.75) is 199 Å². The second kappa shape index (κ2) is 14.1. The Morgan fingerprint density at radius 1 is 0.840 bits per heavy atom. The molecule has 10 nitrogen and oxygen atoms in total. The van der Waals surface area contributed by atoms with Gasteiger partial charge in [-0.1, -0.05) is 41.5 Å². The van der Waals surface area contributed by atoms with E-state index in [4.69, 9.17) is 33.2 Å². The molecule has 6 heterocycles. The van der Waals surface area contributed by atoms with Gasteiger partial charge in [0.05, 0.1) is 66.0 Å². The molecule has 6 aliphatic rings. The van der Waals surface area contributed by atoms with Gasteiger partial charge in [-0.05, 0) is 90.4 Å². The predicted octanol–water partition coefficient (Wildman–Crippen LogP) is 6.73. The van der Waals surface area contributed by atoms with Gasteiger partial charge in [-0.25, -0.2) is 0 Å². The summed E-state index contributed by atoms with van der Waals surface area (Å²) in [5, 5.41) is 20.6. The van der Waals surface area contributed by atoms with Crippen LogP contribution in [-0.4, -0.2) is 94.9 Å². The number of aliphatic carboxylic acids is 1. The molecule has 50 heavy (non-hydrogen) atoms. The monoisotopic (exact) mass is 708 g/mol. The average molecular weight is 709 g/mol. The molecule has 0 aromatic carbocycles. The lowest BCUT2D eigenvalue weighted by Crippen LogP contribution is -2.58. The Labute approximate surface area is 300 Å². The van der Waals surface area contributed by atoms with Gasteiger partial charge < -0.3 is 43.4 Å². The van der Waals surface area contributed by atoms with Crippen molar-refractivity contribution in [1.82, 2.24) is 0 Å². The Balaban J connectivity index is 1.13. The lowest BCUT2D eigenvalue weighted by atomic mass is 9.78. The lowest BCUT2D eigenvalue weighted by molar-refractivity contribution is -0.352. The van der Waals surface area contributed by atoms with Crippen LogP contribution in [-0.2, 0) is 38.0 Å². The zero-order chi connectivity index (χ0) is 36.6. The molecule has 0 aromatic heterocycles. The van der Waals surface area contributed by atoms with Crippen LogP contribution in [0.5, 0.6) is 0 Å². The van der Waals surface area contributed by atoms with E-state index < -0.39 is 34.7 Å². The van der Waals surface area contributed by atoms with Crippen molar-refractivity contribution >= 4 is 5.97 Å². The number of hydrogen-bond donors (Lipinski definition) is 2. The predicted molar refractivity (Wildman–Crippen MR) is 187 cm³/mol. The molecule has 10 heteroatoms. The van der Waals surface area contributed by atoms with Crippen LogP contribution in [0.4, 0.5) is 0 Å². The summed E-state index contributed by atoms with van der Waals surface area (Å²) in [6.07, 6.45) is 6.64. The van der Waals surface area contributed by atoms with Gasteiger partial charge in [-0.15, -0.1) is 0 Å². The topological polar surface area (TPSA) is 122 Å². The summed E-state index contributed by atoms with van der Waals surface area (Å²) >= 11 is 0. The molecule has 288 valence electrons. The first-order chi connectivity index (χ1) is 23.3.